The first-order valence-electron chi connectivity index (χ1n) is 7.68. The summed E-state index contributed by atoms with van der Waals surface area (Å²) in [7, 11) is 0. The fourth-order valence-electron chi connectivity index (χ4n) is 3.29. The standard InChI is InChI=1S/C17H23N3O2/c1-17(2,3)15-11-19(8-9-20(15)16(21)22)14-10-18-13-7-5-4-6-12(13)14/h4-7,10,15,18H,8-9,11H2,1-3H3,(H,21,22). The number of hydrogen-bond donors (Lipinski definition) is 2. The highest BCUT2D eigenvalue weighted by molar-refractivity contribution is 5.93. The summed E-state index contributed by atoms with van der Waals surface area (Å²) in [5.74, 6) is 0. The molecule has 1 aromatic heterocycles. The Labute approximate surface area is 130 Å². The highest BCUT2D eigenvalue weighted by Gasteiger charge is 2.38. The molecule has 2 heterocycles. The van der Waals surface area contributed by atoms with Crippen LogP contribution < -0.4 is 4.90 Å². The molecule has 0 aliphatic carbocycles. The van der Waals surface area contributed by atoms with Crippen molar-refractivity contribution < 1.29 is 9.90 Å². The summed E-state index contributed by atoms with van der Waals surface area (Å²) in [5.41, 5.74) is 2.18. The Morgan fingerprint density at radius 3 is 2.68 bits per heavy atom. The highest BCUT2D eigenvalue weighted by Crippen LogP contribution is 2.33. The number of anilines is 1. The van der Waals surface area contributed by atoms with Gasteiger partial charge in [0.15, 0.2) is 0 Å². The average Bonchev–Trinajstić information content (AvgIpc) is 2.89. The molecule has 0 spiro atoms. The minimum Gasteiger partial charge on any atom is -0.465 e. The number of piperazine rings is 1. The Hall–Kier alpha value is -2.17. The van der Waals surface area contributed by atoms with E-state index in [1.54, 1.807) is 4.90 Å². The number of fused-ring (bicyclic) bond motifs is 1. The molecule has 0 saturated carbocycles. The van der Waals surface area contributed by atoms with Gasteiger partial charge in [0.2, 0.25) is 0 Å². The molecule has 1 aliphatic rings. The Morgan fingerprint density at radius 2 is 2.00 bits per heavy atom. The van der Waals surface area contributed by atoms with E-state index in [2.05, 4.69) is 42.8 Å². The van der Waals surface area contributed by atoms with Gasteiger partial charge in [0.25, 0.3) is 0 Å². The molecule has 0 radical (unpaired) electrons. The van der Waals surface area contributed by atoms with Gasteiger partial charge in [-0.25, -0.2) is 4.79 Å². The van der Waals surface area contributed by atoms with Gasteiger partial charge < -0.3 is 19.9 Å². The lowest BCUT2D eigenvalue weighted by Gasteiger charge is -2.46. The molecular formula is C17H23N3O2. The molecule has 2 N–H and O–H groups in total. The monoisotopic (exact) mass is 301 g/mol. The number of amides is 1. The first-order chi connectivity index (χ1) is 10.4. The molecule has 1 saturated heterocycles. The van der Waals surface area contributed by atoms with Crippen molar-refractivity contribution in [3.63, 3.8) is 0 Å². The summed E-state index contributed by atoms with van der Waals surface area (Å²) in [4.78, 5) is 18.7. The number of carbonyl (C=O) groups is 1. The number of benzene rings is 1. The van der Waals surface area contributed by atoms with Crippen LogP contribution in [0.4, 0.5) is 10.5 Å². The van der Waals surface area contributed by atoms with Crippen molar-refractivity contribution in [2.75, 3.05) is 24.5 Å². The first-order valence-corrected chi connectivity index (χ1v) is 7.68. The lowest BCUT2D eigenvalue weighted by atomic mass is 9.84. The smallest absolute Gasteiger partial charge is 0.407 e. The van der Waals surface area contributed by atoms with E-state index >= 15 is 0 Å². The molecule has 2 aromatic rings. The zero-order valence-corrected chi connectivity index (χ0v) is 13.3. The van der Waals surface area contributed by atoms with E-state index < -0.39 is 6.09 Å². The quantitative estimate of drug-likeness (QED) is 0.849. The van der Waals surface area contributed by atoms with E-state index in [0.29, 0.717) is 6.54 Å². The maximum Gasteiger partial charge on any atom is 0.407 e. The molecule has 1 atom stereocenters. The van der Waals surface area contributed by atoms with Crippen molar-refractivity contribution in [2.24, 2.45) is 5.41 Å². The molecule has 5 nitrogen and oxygen atoms in total. The van der Waals surface area contributed by atoms with E-state index in [9.17, 15) is 9.90 Å². The first kappa shape index (κ1) is 14.8. The summed E-state index contributed by atoms with van der Waals surface area (Å²) in [6.45, 7) is 8.29. The van der Waals surface area contributed by atoms with Crippen LogP contribution in [0.3, 0.4) is 0 Å². The number of hydrogen-bond acceptors (Lipinski definition) is 2. The molecule has 1 amide bonds. The molecule has 1 unspecified atom stereocenters. The molecule has 3 rings (SSSR count). The number of rotatable bonds is 1. The summed E-state index contributed by atoms with van der Waals surface area (Å²) in [6, 6.07) is 8.20. The van der Waals surface area contributed by atoms with Gasteiger partial charge in [-0.2, -0.15) is 0 Å². The minimum absolute atomic E-state index is 0.0209. The van der Waals surface area contributed by atoms with Crippen LogP contribution >= 0.6 is 0 Å². The van der Waals surface area contributed by atoms with Crippen molar-refractivity contribution in [1.82, 2.24) is 9.88 Å². The molecule has 118 valence electrons. The number of H-pyrrole nitrogens is 1. The second-order valence-electron chi connectivity index (χ2n) is 7.02. The Bertz CT molecular complexity index is 687. The van der Waals surface area contributed by atoms with Crippen LogP contribution in [0.2, 0.25) is 0 Å². The lowest BCUT2D eigenvalue weighted by Crippen LogP contribution is -2.59. The molecule has 1 aliphatic heterocycles. The van der Waals surface area contributed by atoms with Crippen LogP contribution in [-0.2, 0) is 0 Å². The zero-order valence-electron chi connectivity index (χ0n) is 13.3. The van der Waals surface area contributed by atoms with Crippen LogP contribution in [0, 0.1) is 5.41 Å². The second-order valence-corrected chi connectivity index (χ2v) is 7.02. The predicted molar refractivity (Wildman–Crippen MR) is 88.5 cm³/mol. The van der Waals surface area contributed by atoms with Gasteiger partial charge in [-0.3, -0.25) is 0 Å². The van der Waals surface area contributed by atoms with Gasteiger partial charge in [-0.15, -0.1) is 0 Å². The topological polar surface area (TPSA) is 59.6 Å². The fraction of sp³-hybridized carbons (Fsp3) is 0.471. The van der Waals surface area contributed by atoms with Gasteiger partial charge in [0, 0.05) is 36.7 Å². The van der Waals surface area contributed by atoms with Crippen molar-refractivity contribution in [3.8, 4) is 0 Å². The lowest BCUT2D eigenvalue weighted by molar-refractivity contribution is 0.0749. The van der Waals surface area contributed by atoms with E-state index in [4.69, 9.17) is 0 Å². The summed E-state index contributed by atoms with van der Waals surface area (Å²) in [5, 5.41) is 10.7. The fourth-order valence-corrected chi connectivity index (χ4v) is 3.29. The van der Waals surface area contributed by atoms with Crippen molar-refractivity contribution >= 4 is 22.7 Å². The van der Waals surface area contributed by atoms with E-state index in [0.717, 1.165) is 24.3 Å². The van der Waals surface area contributed by atoms with E-state index in [1.807, 2.05) is 18.3 Å². The maximum atomic E-state index is 11.5. The Balaban J connectivity index is 1.92. The number of carboxylic acid groups (broad SMARTS) is 1. The predicted octanol–water partition coefficient (Wildman–Crippen LogP) is 3.38. The highest BCUT2D eigenvalue weighted by atomic mass is 16.4. The van der Waals surface area contributed by atoms with E-state index in [1.165, 1.54) is 5.39 Å². The summed E-state index contributed by atoms with van der Waals surface area (Å²) < 4.78 is 0. The van der Waals surface area contributed by atoms with Crippen molar-refractivity contribution in [3.05, 3.63) is 30.5 Å². The second kappa shape index (κ2) is 5.23. The van der Waals surface area contributed by atoms with Gasteiger partial charge in [-0.05, 0) is 11.5 Å². The third kappa shape index (κ3) is 2.51. The van der Waals surface area contributed by atoms with Crippen LogP contribution in [0.1, 0.15) is 20.8 Å². The van der Waals surface area contributed by atoms with Crippen LogP contribution in [0.5, 0.6) is 0 Å². The van der Waals surface area contributed by atoms with E-state index in [-0.39, 0.29) is 11.5 Å². The van der Waals surface area contributed by atoms with Gasteiger partial charge in [-0.1, -0.05) is 39.0 Å². The Morgan fingerprint density at radius 1 is 1.27 bits per heavy atom. The number of para-hydroxylation sites is 1. The normalized spacial score (nSPS) is 19.7. The molecule has 1 fully saturated rings. The number of nitrogens with zero attached hydrogens (tertiary/aromatic N) is 2. The van der Waals surface area contributed by atoms with Crippen LogP contribution in [0.15, 0.2) is 30.5 Å². The van der Waals surface area contributed by atoms with Crippen molar-refractivity contribution in [2.45, 2.75) is 26.8 Å². The van der Waals surface area contributed by atoms with Crippen LogP contribution in [0.25, 0.3) is 10.9 Å². The summed E-state index contributed by atoms with van der Waals surface area (Å²) in [6.07, 6.45) is 1.21. The van der Waals surface area contributed by atoms with Gasteiger partial charge >= 0.3 is 6.09 Å². The number of aromatic nitrogens is 1. The number of nitrogens with one attached hydrogen (secondary N) is 1. The molecule has 22 heavy (non-hydrogen) atoms. The average molecular weight is 301 g/mol. The van der Waals surface area contributed by atoms with Gasteiger partial charge in [0.05, 0.1) is 11.7 Å². The minimum atomic E-state index is -0.821. The van der Waals surface area contributed by atoms with Crippen LogP contribution in [-0.4, -0.2) is 46.8 Å². The zero-order chi connectivity index (χ0) is 15.9. The molecule has 5 heteroatoms. The van der Waals surface area contributed by atoms with Gasteiger partial charge in [0.1, 0.15) is 0 Å². The van der Waals surface area contributed by atoms with Crippen molar-refractivity contribution in [1.29, 1.82) is 0 Å². The molecule has 1 aromatic carbocycles. The SMILES string of the molecule is CC(C)(C)C1CN(c2c[nH]c3ccccc23)CCN1C(=O)O. The third-order valence-corrected chi connectivity index (χ3v) is 4.53. The largest absolute Gasteiger partial charge is 0.465 e. The molecular weight excluding hydrogens is 278 g/mol. The number of aromatic amines is 1. The summed E-state index contributed by atoms with van der Waals surface area (Å²) >= 11 is 0. The maximum absolute atomic E-state index is 11.5. The third-order valence-electron chi connectivity index (χ3n) is 4.53. The molecule has 0 bridgehead atoms. The Kier molecular flexibility index (Phi) is 3.51.